The molecule has 1 aliphatic heterocycles. The highest BCUT2D eigenvalue weighted by molar-refractivity contribution is 7.21. The van der Waals surface area contributed by atoms with Crippen molar-refractivity contribution in [1.82, 2.24) is 14.8 Å². The first-order valence-electron chi connectivity index (χ1n) is 19.8. The van der Waals surface area contributed by atoms with Gasteiger partial charge >= 0.3 is 0 Å². The highest BCUT2D eigenvalue weighted by atomic mass is 32.1. The number of hydrogen-bond acceptors (Lipinski definition) is 11. The highest BCUT2D eigenvalue weighted by Crippen LogP contribution is 2.38. The Morgan fingerprint density at radius 3 is 1.98 bits per heavy atom. The summed E-state index contributed by atoms with van der Waals surface area (Å²) in [4.78, 5) is 23.0. The standard InChI is InChI=1S/C46H55N3O7S/c1-51-40-21-19-34(18-20-39(50)36-32-42(52-2)45(54-4)43(33-36)53-3)30-41(40)56-29-12-6-10-23-49-26-24-48(25-27-49)22-9-5-11-28-55-37-15-13-14-35(31-37)46-47-38-16-7-8-17-44(38)57-46/h7-8,13-21,30-33H,5-6,9-12,22-29H2,1-4H3/b20-18+. The van der Waals surface area contributed by atoms with Crippen molar-refractivity contribution in [3.8, 4) is 45.1 Å². The van der Waals surface area contributed by atoms with Gasteiger partial charge in [0.1, 0.15) is 10.8 Å². The molecule has 1 aliphatic rings. The lowest BCUT2D eigenvalue weighted by Gasteiger charge is -2.34. The lowest BCUT2D eigenvalue weighted by Crippen LogP contribution is -2.46. The highest BCUT2D eigenvalue weighted by Gasteiger charge is 2.17. The second kappa shape index (κ2) is 21.4. The third-order valence-corrected chi connectivity index (χ3v) is 11.3. The van der Waals surface area contributed by atoms with Crippen LogP contribution in [0.25, 0.3) is 26.9 Å². The Kier molecular flexibility index (Phi) is 15.6. The van der Waals surface area contributed by atoms with Gasteiger partial charge in [0.25, 0.3) is 0 Å². The Balaban J connectivity index is 0.828. The predicted molar refractivity (Wildman–Crippen MR) is 229 cm³/mol. The fraction of sp³-hybridized carbons (Fsp3) is 0.391. The summed E-state index contributed by atoms with van der Waals surface area (Å²) in [5.74, 6) is 3.35. The second-order valence-electron chi connectivity index (χ2n) is 14.0. The third kappa shape index (κ3) is 11.7. The van der Waals surface area contributed by atoms with Crippen LogP contribution in [0.3, 0.4) is 0 Å². The molecule has 0 aliphatic carbocycles. The molecule has 0 radical (unpaired) electrons. The predicted octanol–water partition coefficient (Wildman–Crippen LogP) is 9.31. The summed E-state index contributed by atoms with van der Waals surface area (Å²) in [5, 5.41) is 1.03. The summed E-state index contributed by atoms with van der Waals surface area (Å²) >= 11 is 1.72. The number of aromatic nitrogens is 1. The van der Waals surface area contributed by atoms with Gasteiger partial charge in [0.05, 0.1) is 51.9 Å². The molecule has 57 heavy (non-hydrogen) atoms. The minimum absolute atomic E-state index is 0.189. The molecular weight excluding hydrogens is 739 g/mol. The number of hydrogen-bond donors (Lipinski definition) is 0. The van der Waals surface area contributed by atoms with E-state index in [1.165, 1.54) is 44.9 Å². The van der Waals surface area contributed by atoms with E-state index in [1.54, 1.807) is 36.7 Å². The fourth-order valence-corrected chi connectivity index (χ4v) is 7.91. The van der Waals surface area contributed by atoms with Crippen molar-refractivity contribution in [3.63, 3.8) is 0 Å². The van der Waals surface area contributed by atoms with E-state index in [4.69, 9.17) is 33.4 Å². The molecule has 6 rings (SSSR count). The van der Waals surface area contributed by atoms with Gasteiger partial charge in [-0.15, -0.1) is 11.3 Å². The van der Waals surface area contributed by atoms with Gasteiger partial charge in [-0.25, -0.2) is 4.98 Å². The quantitative estimate of drug-likeness (QED) is 0.0384. The molecule has 1 aromatic heterocycles. The van der Waals surface area contributed by atoms with Gasteiger partial charge in [-0.3, -0.25) is 4.79 Å². The average molecular weight is 794 g/mol. The van der Waals surface area contributed by atoms with E-state index >= 15 is 0 Å². The minimum Gasteiger partial charge on any atom is -0.494 e. The van der Waals surface area contributed by atoms with Crippen molar-refractivity contribution < 1.29 is 33.2 Å². The van der Waals surface area contributed by atoms with Crippen LogP contribution in [0.5, 0.6) is 34.5 Å². The molecule has 0 atom stereocenters. The topological polar surface area (TPSA) is 91.8 Å². The van der Waals surface area contributed by atoms with Crippen LogP contribution in [0.15, 0.2) is 84.9 Å². The number of benzene rings is 4. The van der Waals surface area contributed by atoms with Gasteiger partial charge in [0, 0.05) is 37.3 Å². The maximum absolute atomic E-state index is 13.0. The molecule has 0 bridgehead atoms. The first-order chi connectivity index (χ1) is 28.0. The Labute approximate surface area is 340 Å². The fourth-order valence-electron chi connectivity index (χ4n) is 6.95. The zero-order valence-electron chi connectivity index (χ0n) is 33.7. The zero-order chi connectivity index (χ0) is 39.8. The van der Waals surface area contributed by atoms with Gasteiger partial charge in [0.2, 0.25) is 5.75 Å². The van der Waals surface area contributed by atoms with E-state index in [-0.39, 0.29) is 5.78 Å². The molecule has 1 fully saturated rings. The first-order valence-corrected chi connectivity index (χ1v) is 20.7. The van der Waals surface area contributed by atoms with Gasteiger partial charge in [-0.2, -0.15) is 0 Å². The summed E-state index contributed by atoms with van der Waals surface area (Å²) in [5.41, 5.74) is 3.42. The largest absolute Gasteiger partial charge is 0.494 e. The molecule has 2 heterocycles. The molecule has 0 N–H and O–H groups in total. The van der Waals surface area contributed by atoms with Gasteiger partial charge < -0.3 is 38.2 Å². The Morgan fingerprint density at radius 1 is 0.667 bits per heavy atom. The summed E-state index contributed by atoms with van der Waals surface area (Å²) < 4.78 is 35.2. The Bertz CT molecular complexity index is 2020. The smallest absolute Gasteiger partial charge is 0.203 e. The lowest BCUT2D eigenvalue weighted by molar-refractivity contribution is 0.104. The molecule has 0 amide bonds. The van der Waals surface area contributed by atoms with Crippen LogP contribution in [0.1, 0.15) is 54.4 Å². The molecule has 4 aromatic carbocycles. The van der Waals surface area contributed by atoms with Gasteiger partial charge in [0.15, 0.2) is 28.8 Å². The molecule has 0 spiro atoms. The number of ether oxygens (including phenoxy) is 6. The van der Waals surface area contributed by atoms with Gasteiger partial charge in [-0.1, -0.05) is 36.4 Å². The molecule has 0 unspecified atom stereocenters. The van der Waals surface area contributed by atoms with Crippen molar-refractivity contribution in [2.24, 2.45) is 0 Å². The lowest BCUT2D eigenvalue weighted by atomic mass is 10.1. The number of rotatable bonds is 22. The van der Waals surface area contributed by atoms with E-state index < -0.39 is 0 Å². The number of allylic oxidation sites excluding steroid dienone is 1. The van der Waals surface area contributed by atoms with Crippen LogP contribution in [-0.4, -0.2) is 101 Å². The van der Waals surface area contributed by atoms with E-state index in [9.17, 15) is 4.79 Å². The number of ketones is 1. The second-order valence-corrected chi connectivity index (χ2v) is 15.1. The molecule has 0 saturated carbocycles. The number of methoxy groups -OCH3 is 4. The molecule has 11 heteroatoms. The van der Waals surface area contributed by atoms with Crippen LogP contribution in [0.4, 0.5) is 0 Å². The SMILES string of the molecule is COc1ccc(/C=C/C(=O)c2cc(OC)c(OC)c(OC)c2)cc1OCCCCCN1CCN(CCCCCOc2cccc(-c3nc4ccccc4s3)c2)CC1. The van der Waals surface area contributed by atoms with Crippen LogP contribution in [0.2, 0.25) is 0 Å². The van der Waals surface area contributed by atoms with Crippen LogP contribution in [-0.2, 0) is 0 Å². The molecular formula is C46H55N3O7S. The van der Waals surface area contributed by atoms with Crippen molar-refractivity contribution in [3.05, 3.63) is 96.1 Å². The van der Waals surface area contributed by atoms with Crippen molar-refractivity contribution in [2.75, 3.05) is 80.9 Å². The average Bonchev–Trinajstić information content (AvgIpc) is 3.70. The number of carbonyl (C=O) groups excluding carboxylic acids is 1. The number of nitrogens with zero attached hydrogens (tertiary/aromatic N) is 3. The van der Waals surface area contributed by atoms with Crippen LogP contribution >= 0.6 is 11.3 Å². The zero-order valence-corrected chi connectivity index (χ0v) is 34.5. The van der Waals surface area contributed by atoms with Gasteiger partial charge in [-0.05, 0) is 112 Å². The van der Waals surface area contributed by atoms with E-state index in [2.05, 4.69) is 46.2 Å². The number of piperazine rings is 1. The first kappa shape index (κ1) is 41.5. The van der Waals surface area contributed by atoms with E-state index in [1.807, 2.05) is 30.3 Å². The third-order valence-electron chi connectivity index (χ3n) is 10.2. The van der Waals surface area contributed by atoms with Crippen molar-refractivity contribution >= 4 is 33.4 Å². The van der Waals surface area contributed by atoms with Crippen molar-refractivity contribution in [2.45, 2.75) is 38.5 Å². The number of carbonyl (C=O) groups is 1. The summed E-state index contributed by atoms with van der Waals surface area (Å²) in [6.45, 7) is 8.14. The minimum atomic E-state index is -0.189. The number of unbranched alkanes of at least 4 members (excludes halogenated alkanes) is 4. The molecule has 302 valence electrons. The maximum atomic E-state index is 13.0. The molecule has 5 aromatic rings. The number of para-hydroxylation sites is 1. The van der Waals surface area contributed by atoms with Crippen molar-refractivity contribution in [1.29, 1.82) is 0 Å². The number of fused-ring (bicyclic) bond motifs is 1. The normalized spacial score (nSPS) is 13.5. The number of thiazole rings is 1. The monoisotopic (exact) mass is 793 g/mol. The molecule has 1 saturated heterocycles. The summed E-state index contributed by atoms with van der Waals surface area (Å²) in [6, 6.07) is 25.5. The van der Waals surface area contributed by atoms with Crippen LogP contribution in [0, 0.1) is 0 Å². The van der Waals surface area contributed by atoms with E-state index in [0.29, 0.717) is 40.9 Å². The maximum Gasteiger partial charge on any atom is 0.203 e. The summed E-state index contributed by atoms with van der Waals surface area (Å²) in [6.07, 6.45) is 9.92. The Hall–Kier alpha value is -5.10. The molecule has 10 nitrogen and oxygen atoms in total. The van der Waals surface area contributed by atoms with Crippen LogP contribution < -0.4 is 28.4 Å². The van der Waals surface area contributed by atoms with E-state index in [0.717, 1.165) is 99.0 Å². The Morgan fingerprint density at radius 2 is 1.33 bits per heavy atom. The summed E-state index contributed by atoms with van der Waals surface area (Å²) in [7, 11) is 6.21.